The molecule has 1 aliphatic carbocycles. The minimum atomic E-state index is -0.167. The summed E-state index contributed by atoms with van der Waals surface area (Å²) in [6, 6.07) is 17.1. The first-order valence-corrected chi connectivity index (χ1v) is 7.94. The molecule has 0 aromatic heterocycles. The number of ether oxygens (including phenoxy) is 1. The third-order valence-electron chi connectivity index (χ3n) is 3.86. The van der Waals surface area contributed by atoms with E-state index in [1.165, 1.54) is 12.8 Å². The second-order valence-corrected chi connectivity index (χ2v) is 5.62. The maximum atomic E-state index is 12.0. The zero-order valence-corrected chi connectivity index (χ0v) is 13.0. The molecule has 0 atom stereocenters. The van der Waals surface area contributed by atoms with E-state index in [4.69, 9.17) is 4.74 Å². The number of nitrogens with zero attached hydrogens (tertiary/aromatic N) is 1. The van der Waals surface area contributed by atoms with E-state index in [1.807, 2.05) is 42.5 Å². The van der Waals surface area contributed by atoms with Crippen molar-refractivity contribution >= 4 is 11.6 Å². The molecule has 4 heteroatoms. The van der Waals surface area contributed by atoms with Crippen LogP contribution in [0.25, 0.3) is 0 Å². The molecule has 1 amide bonds. The van der Waals surface area contributed by atoms with Crippen LogP contribution in [0.3, 0.4) is 0 Å². The predicted octanol–water partition coefficient (Wildman–Crippen LogP) is 3.93. The van der Waals surface area contributed by atoms with Gasteiger partial charge in [0, 0.05) is 11.3 Å². The van der Waals surface area contributed by atoms with Crippen LogP contribution in [0.1, 0.15) is 41.6 Å². The summed E-state index contributed by atoms with van der Waals surface area (Å²) in [6.07, 6.45) is 4.34. The monoisotopic (exact) mass is 308 g/mol. The number of benzene rings is 2. The number of amides is 1. The summed E-state index contributed by atoms with van der Waals surface area (Å²) in [6.45, 7) is 0.480. The van der Waals surface area contributed by atoms with Crippen LogP contribution in [-0.4, -0.2) is 11.6 Å². The van der Waals surface area contributed by atoms with Crippen LogP contribution in [0.2, 0.25) is 0 Å². The second-order valence-electron chi connectivity index (χ2n) is 5.62. The van der Waals surface area contributed by atoms with Crippen LogP contribution in [0.5, 0.6) is 5.75 Å². The molecule has 1 saturated carbocycles. The second kappa shape index (κ2) is 7.58. The van der Waals surface area contributed by atoms with Gasteiger partial charge in [0.2, 0.25) is 0 Å². The molecule has 0 unspecified atom stereocenters. The Balaban J connectivity index is 1.54. The van der Waals surface area contributed by atoms with Gasteiger partial charge >= 0.3 is 0 Å². The van der Waals surface area contributed by atoms with Gasteiger partial charge < -0.3 is 4.74 Å². The van der Waals surface area contributed by atoms with Gasteiger partial charge in [-0.1, -0.05) is 30.3 Å². The quantitative estimate of drug-likeness (QED) is 0.851. The Morgan fingerprint density at radius 3 is 2.39 bits per heavy atom. The normalized spacial score (nSPS) is 13.7. The number of nitrogens with one attached hydrogen (secondary N) is 1. The fraction of sp³-hybridized carbons (Fsp3) is 0.263. The average Bonchev–Trinajstić information content (AvgIpc) is 3.13. The molecular weight excluding hydrogens is 288 g/mol. The average molecular weight is 308 g/mol. The van der Waals surface area contributed by atoms with Gasteiger partial charge in [-0.3, -0.25) is 4.79 Å². The van der Waals surface area contributed by atoms with Crippen molar-refractivity contribution in [1.29, 1.82) is 0 Å². The van der Waals surface area contributed by atoms with Crippen molar-refractivity contribution in [3.63, 3.8) is 0 Å². The van der Waals surface area contributed by atoms with Crippen molar-refractivity contribution < 1.29 is 9.53 Å². The SMILES string of the molecule is O=C(NN=C1CCCC1)c1ccc(COc2ccccc2)cc1. The standard InChI is InChI=1S/C19H20N2O2/c22-19(21-20-17-6-4-5-7-17)16-12-10-15(11-13-16)14-23-18-8-2-1-3-9-18/h1-3,8-13H,4-7,14H2,(H,21,22). The first-order chi connectivity index (χ1) is 11.3. The molecular formula is C19H20N2O2. The summed E-state index contributed by atoms with van der Waals surface area (Å²) in [4.78, 5) is 12.0. The molecule has 0 saturated heterocycles. The molecule has 118 valence electrons. The molecule has 1 fully saturated rings. The Hall–Kier alpha value is -2.62. The van der Waals surface area contributed by atoms with E-state index in [9.17, 15) is 4.79 Å². The maximum absolute atomic E-state index is 12.0. The van der Waals surface area contributed by atoms with E-state index in [1.54, 1.807) is 12.1 Å². The van der Waals surface area contributed by atoms with Gasteiger partial charge in [-0.25, -0.2) is 5.43 Å². The highest BCUT2D eigenvalue weighted by Gasteiger charge is 2.09. The molecule has 2 aromatic carbocycles. The van der Waals surface area contributed by atoms with Gasteiger partial charge in [-0.15, -0.1) is 0 Å². The summed E-state index contributed by atoms with van der Waals surface area (Å²) in [5.74, 6) is 0.668. The number of para-hydroxylation sites is 1. The molecule has 1 N–H and O–H groups in total. The maximum Gasteiger partial charge on any atom is 0.271 e. The third-order valence-corrected chi connectivity index (χ3v) is 3.86. The lowest BCUT2D eigenvalue weighted by molar-refractivity contribution is 0.0954. The summed E-state index contributed by atoms with van der Waals surface area (Å²) in [7, 11) is 0. The lowest BCUT2D eigenvalue weighted by Gasteiger charge is -2.07. The summed E-state index contributed by atoms with van der Waals surface area (Å²) < 4.78 is 5.68. The van der Waals surface area contributed by atoms with Gasteiger partial charge in [-0.05, 0) is 55.5 Å². The van der Waals surface area contributed by atoms with E-state index in [0.717, 1.165) is 29.9 Å². The van der Waals surface area contributed by atoms with Gasteiger partial charge in [-0.2, -0.15) is 5.10 Å². The smallest absolute Gasteiger partial charge is 0.271 e. The van der Waals surface area contributed by atoms with Crippen LogP contribution in [0.4, 0.5) is 0 Å². The first-order valence-electron chi connectivity index (χ1n) is 7.94. The molecule has 0 radical (unpaired) electrons. The number of rotatable bonds is 5. The fourth-order valence-electron chi connectivity index (χ4n) is 2.53. The topological polar surface area (TPSA) is 50.7 Å². The number of carbonyl (C=O) groups excluding carboxylic acids is 1. The summed E-state index contributed by atoms with van der Waals surface area (Å²) >= 11 is 0. The Morgan fingerprint density at radius 2 is 1.70 bits per heavy atom. The molecule has 3 rings (SSSR count). The van der Waals surface area contributed by atoms with Crippen molar-refractivity contribution in [2.45, 2.75) is 32.3 Å². The Labute approximate surface area is 136 Å². The van der Waals surface area contributed by atoms with Gasteiger partial charge in [0.25, 0.3) is 5.91 Å². The van der Waals surface area contributed by atoms with Crippen LogP contribution in [0.15, 0.2) is 59.7 Å². The highest BCUT2D eigenvalue weighted by Crippen LogP contribution is 2.14. The highest BCUT2D eigenvalue weighted by molar-refractivity contribution is 5.95. The predicted molar refractivity (Wildman–Crippen MR) is 90.6 cm³/mol. The van der Waals surface area contributed by atoms with E-state index in [-0.39, 0.29) is 5.91 Å². The van der Waals surface area contributed by atoms with Crippen molar-refractivity contribution in [3.8, 4) is 5.75 Å². The van der Waals surface area contributed by atoms with Crippen molar-refractivity contribution in [2.24, 2.45) is 5.10 Å². The molecule has 0 aliphatic heterocycles. The zero-order chi connectivity index (χ0) is 15.9. The minimum absolute atomic E-state index is 0.167. The molecule has 0 heterocycles. The summed E-state index contributed by atoms with van der Waals surface area (Å²) in [5, 5.41) is 4.19. The van der Waals surface area contributed by atoms with Gasteiger partial charge in [0.1, 0.15) is 12.4 Å². The number of carbonyl (C=O) groups is 1. The minimum Gasteiger partial charge on any atom is -0.489 e. The van der Waals surface area contributed by atoms with E-state index in [2.05, 4.69) is 10.5 Å². The first kappa shape index (κ1) is 15.3. The molecule has 23 heavy (non-hydrogen) atoms. The molecule has 4 nitrogen and oxygen atoms in total. The molecule has 1 aliphatic rings. The van der Waals surface area contributed by atoms with E-state index >= 15 is 0 Å². The van der Waals surface area contributed by atoms with Crippen LogP contribution in [0, 0.1) is 0 Å². The molecule has 0 bridgehead atoms. The Kier molecular flexibility index (Phi) is 5.04. The zero-order valence-electron chi connectivity index (χ0n) is 13.0. The van der Waals surface area contributed by atoms with Gasteiger partial charge in [0.15, 0.2) is 0 Å². The molecule has 0 spiro atoms. The fourth-order valence-corrected chi connectivity index (χ4v) is 2.53. The van der Waals surface area contributed by atoms with E-state index in [0.29, 0.717) is 12.2 Å². The van der Waals surface area contributed by atoms with Crippen LogP contribution >= 0.6 is 0 Å². The van der Waals surface area contributed by atoms with Crippen LogP contribution in [-0.2, 0) is 6.61 Å². The highest BCUT2D eigenvalue weighted by atomic mass is 16.5. The Bertz CT molecular complexity index is 670. The largest absolute Gasteiger partial charge is 0.489 e. The van der Waals surface area contributed by atoms with Gasteiger partial charge in [0.05, 0.1) is 0 Å². The van der Waals surface area contributed by atoms with Crippen molar-refractivity contribution in [1.82, 2.24) is 5.43 Å². The number of hydrogen-bond donors (Lipinski definition) is 1. The van der Waals surface area contributed by atoms with E-state index < -0.39 is 0 Å². The number of hydrogen-bond acceptors (Lipinski definition) is 3. The van der Waals surface area contributed by atoms with Crippen LogP contribution < -0.4 is 10.2 Å². The summed E-state index contributed by atoms with van der Waals surface area (Å²) in [5.41, 5.74) is 5.35. The lowest BCUT2D eigenvalue weighted by Crippen LogP contribution is -2.19. The molecule has 2 aromatic rings. The van der Waals surface area contributed by atoms with Crippen molar-refractivity contribution in [3.05, 3.63) is 65.7 Å². The Morgan fingerprint density at radius 1 is 1.00 bits per heavy atom. The van der Waals surface area contributed by atoms with Crippen molar-refractivity contribution in [2.75, 3.05) is 0 Å². The third kappa shape index (κ3) is 4.42. The number of hydrazone groups is 1. The lowest BCUT2D eigenvalue weighted by atomic mass is 10.1.